The van der Waals surface area contributed by atoms with E-state index in [1.165, 1.54) is 5.69 Å². The van der Waals surface area contributed by atoms with E-state index in [1.54, 1.807) is 18.3 Å². The molecule has 1 fully saturated rings. The summed E-state index contributed by atoms with van der Waals surface area (Å²) in [6.45, 7) is 4.62. The molecular weight excluding hydrogens is 312 g/mol. The Morgan fingerprint density at radius 3 is 2.78 bits per heavy atom. The molecule has 0 unspecified atom stereocenters. The number of piperazine rings is 1. The molecule has 2 aliphatic rings. The van der Waals surface area contributed by atoms with Gasteiger partial charge < -0.3 is 5.32 Å². The molecule has 2 aromatic rings. The van der Waals surface area contributed by atoms with E-state index in [2.05, 4.69) is 22.4 Å². The van der Waals surface area contributed by atoms with Crippen molar-refractivity contribution in [3.8, 4) is 0 Å². The Balaban J connectivity index is 1.74. The van der Waals surface area contributed by atoms with E-state index in [1.807, 2.05) is 17.0 Å². The van der Waals surface area contributed by atoms with E-state index in [0.717, 1.165) is 36.3 Å². The van der Waals surface area contributed by atoms with E-state index in [9.17, 15) is 4.79 Å². The van der Waals surface area contributed by atoms with Crippen molar-refractivity contribution < 1.29 is 4.79 Å². The Bertz CT molecular complexity index is 758. The molecule has 2 aliphatic heterocycles. The third-order valence-corrected chi connectivity index (χ3v) is 4.95. The summed E-state index contributed by atoms with van der Waals surface area (Å²) in [6, 6.07) is 11.6. The van der Waals surface area contributed by atoms with E-state index in [4.69, 9.17) is 11.6 Å². The molecule has 1 saturated heterocycles. The zero-order valence-corrected chi connectivity index (χ0v) is 13.5. The zero-order valence-electron chi connectivity index (χ0n) is 12.7. The third kappa shape index (κ3) is 2.41. The zero-order chi connectivity index (χ0) is 15.9. The number of carbonyl (C=O) groups is 1. The average Bonchev–Trinajstić information content (AvgIpc) is 2.90. The summed E-state index contributed by atoms with van der Waals surface area (Å²) < 4.78 is 0.841. The highest BCUT2D eigenvalue weighted by Crippen LogP contribution is 2.42. The lowest BCUT2D eigenvalue weighted by atomic mass is 10.2. The Morgan fingerprint density at radius 2 is 2.00 bits per heavy atom. The Labute approximate surface area is 140 Å². The quantitative estimate of drug-likeness (QED) is 0.645. The number of amides is 1. The molecule has 0 saturated carbocycles. The summed E-state index contributed by atoms with van der Waals surface area (Å²) in [7, 11) is 0. The Kier molecular flexibility index (Phi) is 3.56. The number of carbonyl (C=O) groups excluding carboxylic acids is 1. The predicted octanol–water partition coefficient (Wildman–Crippen LogP) is 2.26. The minimum Gasteiger partial charge on any atom is -0.306 e. The molecule has 6 heteroatoms. The standard InChI is InChI=1S/C17H18ClN4O/c18-16-11-13(5-6-20-16)17(23)21-12-22(9-7-19-8-10-22)15-4-2-1-3-14(15)21/h1-6,11,19H,7-10,12H2/q+1. The van der Waals surface area contributed by atoms with Gasteiger partial charge in [0, 0.05) is 30.9 Å². The number of rotatable bonds is 1. The van der Waals surface area contributed by atoms with E-state index in [-0.39, 0.29) is 5.91 Å². The van der Waals surface area contributed by atoms with Crippen molar-refractivity contribution in [3.63, 3.8) is 0 Å². The van der Waals surface area contributed by atoms with Gasteiger partial charge in [-0.3, -0.25) is 14.2 Å². The molecule has 0 aliphatic carbocycles. The highest BCUT2D eigenvalue weighted by atomic mass is 35.5. The number of pyridine rings is 1. The maximum absolute atomic E-state index is 13.0. The van der Waals surface area contributed by atoms with E-state index >= 15 is 0 Å². The first kappa shape index (κ1) is 14.6. The molecule has 1 amide bonds. The fourth-order valence-electron chi connectivity index (χ4n) is 3.59. The third-order valence-electron chi connectivity index (χ3n) is 4.75. The van der Waals surface area contributed by atoms with Crippen LogP contribution in [0.3, 0.4) is 0 Å². The van der Waals surface area contributed by atoms with Gasteiger partial charge in [0.15, 0.2) is 12.4 Å². The summed E-state index contributed by atoms with van der Waals surface area (Å²) in [5.74, 6) is -0.0183. The number of anilines is 1. The van der Waals surface area contributed by atoms with Crippen molar-refractivity contribution in [3.05, 3.63) is 53.3 Å². The van der Waals surface area contributed by atoms with Gasteiger partial charge in [-0.2, -0.15) is 0 Å². The number of hydrogen-bond acceptors (Lipinski definition) is 3. The number of fused-ring (bicyclic) bond motifs is 2. The van der Waals surface area contributed by atoms with Crippen molar-refractivity contribution in [1.29, 1.82) is 0 Å². The SMILES string of the molecule is O=C(c1ccnc(Cl)c1)N1C[N+]2(CCNCC2)c2ccccc21. The molecule has 4 rings (SSSR count). The van der Waals surface area contributed by atoms with Gasteiger partial charge in [-0.15, -0.1) is 0 Å². The molecule has 1 N–H and O–H groups in total. The van der Waals surface area contributed by atoms with Crippen LogP contribution in [0.1, 0.15) is 10.4 Å². The second-order valence-electron chi connectivity index (χ2n) is 6.07. The second kappa shape index (κ2) is 5.60. The highest BCUT2D eigenvalue weighted by Gasteiger charge is 2.45. The van der Waals surface area contributed by atoms with Crippen LogP contribution >= 0.6 is 11.6 Å². The minimum absolute atomic E-state index is 0.0183. The van der Waals surface area contributed by atoms with Crippen LogP contribution in [0.25, 0.3) is 0 Å². The maximum atomic E-state index is 13.0. The molecule has 0 radical (unpaired) electrons. The molecular formula is C17H18ClN4O+. The van der Waals surface area contributed by atoms with Crippen LogP contribution in [-0.2, 0) is 0 Å². The largest absolute Gasteiger partial charge is 0.306 e. The summed E-state index contributed by atoms with van der Waals surface area (Å²) >= 11 is 5.94. The van der Waals surface area contributed by atoms with Crippen LogP contribution < -0.4 is 14.7 Å². The van der Waals surface area contributed by atoms with Crippen LogP contribution in [0, 0.1) is 0 Å². The molecule has 0 atom stereocenters. The lowest BCUT2D eigenvalue weighted by Crippen LogP contribution is -2.61. The molecule has 3 heterocycles. The summed E-state index contributed by atoms with van der Waals surface area (Å²) in [4.78, 5) is 18.8. The number of nitrogens with one attached hydrogen (secondary N) is 1. The van der Waals surface area contributed by atoms with Gasteiger partial charge in [0.1, 0.15) is 10.8 Å². The van der Waals surface area contributed by atoms with Crippen molar-refractivity contribution in [2.75, 3.05) is 37.7 Å². The maximum Gasteiger partial charge on any atom is 0.263 e. The predicted molar refractivity (Wildman–Crippen MR) is 91.8 cm³/mol. The topological polar surface area (TPSA) is 45.2 Å². The number of quaternary nitrogens is 1. The van der Waals surface area contributed by atoms with Crippen molar-refractivity contribution in [2.45, 2.75) is 0 Å². The Hall–Kier alpha value is -1.95. The average molecular weight is 330 g/mol. The molecule has 5 nitrogen and oxygen atoms in total. The molecule has 118 valence electrons. The van der Waals surface area contributed by atoms with E-state index < -0.39 is 0 Å². The number of benzene rings is 1. The van der Waals surface area contributed by atoms with Crippen LogP contribution in [0.5, 0.6) is 0 Å². The number of hydrogen-bond donors (Lipinski definition) is 1. The van der Waals surface area contributed by atoms with Gasteiger partial charge in [0.2, 0.25) is 0 Å². The monoisotopic (exact) mass is 329 g/mol. The van der Waals surface area contributed by atoms with Gasteiger partial charge >= 0.3 is 0 Å². The van der Waals surface area contributed by atoms with Crippen molar-refractivity contribution >= 4 is 28.9 Å². The summed E-state index contributed by atoms with van der Waals surface area (Å²) in [5.41, 5.74) is 2.82. The van der Waals surface area contributed by atoms with Gasteiger partial charge in [0.05, 0.1) is 13.1 Å². The fourth-order valence-corrected chi connectivity index (χ4v) is 3.76. The summed E-state index contributed by atoms with van der Waals surface area (Å²) in [6.07, 6.45) is 1.58. The number of nitrogens with zero attached hydrogens (tertiary/aromatic N) is 3. The van der Waals surface area contributed by atoms with Crippen LogP contribution in [0.2, 0.25) is 5.15 Å². The van der Waals surface area contributed by atoms with Gasteiger partial charge in [-0.1, -0.05) is 23.7 Å². The van der Waals surface area contributed by atoms with Gasteiger partial charge in [-0.05, 0) is 18.2 Å². The number of halogens is 1. The number of aromatic nitrogens is 1. The van der Waals surface area contributed by atoms with Crippen LogP contribution in [-0.4, -0.2) is 43.7 Å². The normalized spacial score (nSPS) is 18.9. The van der Waals surface area contributed by atoms with Crippen molar-refractivity contribution in [1.82, 2.24) is 14.8 Å². The lowest BCUT2D eigenvalue weighted by molar-refractivity contribution is 0.0974. The van der Waals surface area contributed by atoms with Crippen LogP contribution in [0.4, 0.5) is 11.4 Å². The first-order valence-corrected chi connectivity index (χ1v) is 8.17. The molecule has 1 spiro atoms. The smallest absolute Gasteiger partial charge is 0.263 e. The Morgan fingerprint density at radius 1 is 1.22 bits per heavy atom. The first-order chi connectivity index (χ1) is 11.2. The first-order valence-electron chi connectivity index (χ1n) is 7.79. The lowest BCUT2D eigenvalue weighted by Gasteiger charge is -2.37. The minimum atomic E-state index is -0.0183. The number of para-hydroxylation sites is 2. The second-order valence-corrected chi connectivity index (χ2v) is 6.46. The van der Waals surface area contributed by atoms with Crippen molar-refractivity contribution in [2.24, 2.45) is 0 Å². The molecule has 1 aromatic carbocycles. The fraction of sp³-hybridized carbons (Fsp3) is 0.294. The van der Waals surface area contributed by atoms with Crippen LogP contribution in [0.15, 0.2) is 42.6 Å². The highest BCUT2D eigenvalue weighted by molar-refractivity contribution is 6.29. The van der Waals surface area contributed by atoms with E-state index in [0.29, 0.717) is 17.4 Å². The van der Waals surface area contributed by atoms with Gasteiger partial charge in [0.25, 0.3) is 5.91 Å². The summed E-state index contributed by atoms with van der Waals surface area (Å²) in [5, 5.41) is 3.75. The molecule has 1 aromatic heterocycles. The molecule has 23 heavy (non-hydrogen) atoms. The van der Waals surface area contributed by atoms with Gasteiger partial charge in [-0.25, -0.2) is 4.98 Å². The molecule has 0 bridgehead atoms.